The summed E-state index contributed by atoms with van der Waals surface area (Å²) >= 11 is 0. The van der Waals surface area contributed by atoms with Crippen molar-refractivity contribution in [1.82, 2.24) is 4.98 Å². The van der Waals surface area contributed by atoms with Crippen molar-refractivity contribution in [3.05, 3.63) is 54.4 Å². The quantitative estimate of drug-likeness (QED) is 0.855. The molecule has 1 atom stereocenters. The summed E-state index contributed by atoms with van der Waals surface area (Å²) in [6.07, 6.45) is 1.98. The Labute approximate surface area is 105 Å². The van der Waals surface area contributed by atoms with E-state index in [0.717, 1.165) is 11.1 Å². The molecule has 0 spiro atoms. The highest BCUT2D eigenvalue weighted by Gasteiger charge is 2.12. The van der Waals surface area contributed by atoms with E-state index in [0.29, 0.717) is 5.69 Å². The second kappa shape index (κ2) is 5.42. The normalized spacial score (nSPS) is 12.1. The van der Waals surface area contributed by atoms with Crippen molar-refractivity contribution in [3.63, 3.8) is 0 Å². The molecule has 92 valence electrons. The van der Waals surface area contributed by atoms with Crippen LogP contribution in [0.25, 0.3) is 11.1 Å². The first kappa shape index (κ1) is 12.3. The zero-order valence-electron chi connectivity index (χ0n) is 9.78. The smallest absolute Gasteiger partial charge is 0.320 e. The maximum absolute atomic E-state index is 10.6. The van der Waals surface area contributed by atoms with Gasteiger partial charge in [-0.05, 0) is 11.6 Å². The van der Waals surface area contributed by atoms with Crippen LogP contribution in [0.4, 0.5) is 0 Å². The van der Waals surface area contributed by atoms with Gasteiger partial charge in [-0.2, -0.15) is 0 Å². The lowest BCUT2D eigenvalue weighted by Gasteiger charge is -2.06. The molecule has 0 radical (unpaired) electrons. The van der Waals surface area contributed by atoms with Crippen molar-refractivity contribution in [1.29, 1.82) is 0 Å². The number of carboxylic acid groups (broad SMARTS) is 1. The Bertz CT molecular complexity index is 523. The molecule has 1 heterocycles. The van der Waals surface area contributed by atoms with Crippen molar-refractivity contribution in [2.75, 3.05) is 0 Å². The maximum Gasteiger partial charge on any atom is 0.320 e. The number of nitrogens with two attached hydrogens (primary N) is 1. The molecule has 0 fully saturated rings. The highest BCUT2D eigenvalue weighted by Crippen LogP contribution is 2.17. The molecular weight excluding hydrogens is 228 g/mol. The molecular formula is C14H14N2O2. The first-order valence-electron chi connectivity index (χ1n) is 5.65. The Morgan fingerprint density at radius 3 is 2.44 bits per heavy atom. The monoisotopic (exact) mass is 242 g/mol. The van der Waals surface area contributed by atoms with E-state index in [9.17, 15) is 4.79 Å². The third-order valence-electron chi connectivity index (χ3n) is 2.68. The fourth-order valence-corrected chi connectivity index (χ4v) is 1.66. The summed E-state index contributed by atoms with van der Waals surface area (Å²) < 4.78 is 0. The summed E-state index contributed by atoms with van der Waals surface area (Å²) in [4.78, 5) is 14.9. The van der Waals surface area contributed by atoms with E-state index in [1.54, 1.807) is 6.20 Å². The summed E-state index contributed by atoms with van der Waals surface area (Å²) in [7, 11) is 0. The SMILES string of the molecule is N[C@@H](Cc1ccc(-c2ccccc2)cn1)C(=O)O. The third-order valence-corrected chi connectivity index (χ3v) is 2.68. The van der Waals surface area contributed by atoms with Crippen LogP contribution in [-0.4, -0.2) is 22.1 Å². The molecule has 0 aliphatic carbocycles. The predicted octanol–water partition coefficient (Wildman–Crippen LogP) is 1.70. The average molecular weight is 242 g/mol. The number of hydrogen-bond donors (Lipinski definition) is 2. The van der Waals surface area contributed by atoms with Gasteiger partial charge in [0.05, 0.1) is 0 Å². The standard InChI is InChI=1S/C14H14N2O2/c15-13(14(17)18)8-12-7-6-11(9-16-12)10-4-2-1-3-5-10/h1-7,9,13H,8,15H2,(H,17,18)/t13-/m0/s1. The Morgan fingerprint density at radius 2 is 1.89 bits per heavy atom. The van der Waals surface area contributed by atoms with Crippen LogP contribution < -0.4 is 5.73 Å². The van der Waals surface area contributed by atoms with Gasteiger partial charge in [0.2, 0.25) is 0 Å². The molecule has 0 bridgehead atoms. The van der Waals surface area contributed by atoms with Crippen molar-refractivity contribution < 1.29 is 9.90 Å². The molecule has 0 unspecified atom stereocenters. The van der Waals surface area contributed by atoms with Gasteiger partial charge in [-0.25, -0.2) is 0 Å². The molecule has 0 saturated heterocycles. The van der Waals surface area contributed by atoms with Crippen molar-refractivity contribution in [3.8, 4) is 11.1 Å². The minimum atomic E-state index is -1.01. The van der Waals surface area contributed by atoms with E-state index >= 15 is 0 Å². The topological polar surface area (TPSA) is 76.2 Å². The molecule has 3 N–H and O–H groups in total. The molecule has 4 heteroatoms. The lowest BCUT2D eigenvalue weighted by molar-refractivity contribution is -0.138. The molecule has 0 saturated carbocycles. The Balaban J connectivity index is 2.13. The number of pyridine rings is 1. The minimum Gasteiger partial charge on any atom is -0.480 e. The van der Waals surface area contributed by atoms with Gasteiger partial charge in [0.25, 0.3) is 0 Å². The first-order chi connectivity index (χ1) is 8.66. The van der Waals surface area contributed by atoms with Gasteiger partial charge in [-0.15, -0.1) is 0 Å². The summed E-state index contributed by atoms with van der Waals surface area (Å²) in [5.74, 6) is -1.01. The van der Waals surface area contributed by atoms with E-state index < -0.39 is 12.0 Å². The number of rotatable bonds is 4. The molecule has 0 aliphatic heterocycles. The van der Waals surface area contributed by atoms with Crippen molar-refractivity contribution >= 4 is 5.97 Å². The van der Waals surface area contributed by atoms with Crippen LogP contribution >= 0.6 is 0 Å². The highest BCUT2D eigenvalue weighted by atomic mass is 16.4. The second-order valence-electron chi connectivity index (χ2n) is 4.05. The molecule has 1 aromatic heterocycles. The number of aromatic nitrogens is 1. The highest BCUT2D eigenvalue weighted by molar-refractivity contribution is 5.73. The van der Waals surface area contributed by atoms with Gasteiger partial charge in [-0.1, -0.05) is 36.4 Å². The zero-order valence-corrected chi connectivity index (χ0v) is 9.78. The molecule has 4 nitrogen and oxygen atoms in total. The van der Waals surface area contributed by atoms with Crippen LogP contribution in [0.1, 0.15) is 5.69 Å². The van der Waals surface area contributed by atoms with Crippen molar-refractivity contribution in [2.45, 2.75) is 12.5 Å². The molecule has 0 aliphatic rings. The summed E-state index contributed by atoms with van der Waals surface area (Å²) in [6, 6.07) is 12.7. The van der Waals surface area contributed by atoms with Crippen LogP contribution in [0.3, 0.4) is 0 Å². The molecule has 2 aromatic rings. The van der Waals surface area contributed by atoms with Gasteiger partial charge in [0, 0.05) is 23.9 Å². The predicted molar refractivity (Wildman–Crippen MR) is 69.0 cm³/mol. The zero-order chi connectivity index (χ0) is 13.0. The van der Waals surface area contributed by atoms with Gasteiger partial charge >= 0.3 is 5.97 Å². The summed E-state index contributed by atoms with van der Waals surface area (Å²) in [5.41, 5.74) is 8.23. The summed E-state index contributed by atoms with van der Waals surface area (Å²) in [6.45, 7) is 0. The van der Waals surface area contributed by atoms with E-state index in [1.807, 2.05) is 42.5 Å². The van der Waals surface area contributed by atoms with Crippen LogP contribution in [-0.2, 0) is 11.2 Å². The number of hydrogen-bond acceptors (Lipinski definition) is 3. The lowest BCUT2D eigenvalue weighted by atomic mass is 10.1. The van der Waals surface area contributed by atoms with Crippen LogP contribution in [0.2, 0.25) is 0 Å². The molecule has 1 aromatic carbocycles. The van der Waals surface area contributed by atoms with E-state index in [2.05, 4.69) is 4.98 Å². The van der Waals surface area contributed by atoms with Crippen LogP contribution in [0.5, 0.6) is 0 Å². The maximum atomic E-state index is 10.6. The number of benzene rings is 1. The number of carbonyl (C=O) groups is 1. The van der Waals surface area contributed by atoms with Gasteiger partial charge in [0.1, 0.15) is 6.04 Å². The Hall–Kier alpha value is -2.20. The fraction of sp³-hybridized carbons (Fsp3) is 0.143. The van der Waals surface area contributed by atoms with Crippen LogP contribution in [0.15, 0.2) is 48.7 Å². The number of nitrogens with zero attached hydrogens (tertiary/aromatic N) is 1. The van der Waals surface area contributed by atoms with E-state index in [1.165, 1.54) is 0 Å². The van der Waals surface area contributed by atoms with Crippen LogP contribution in [0, 0.1) is 0 Å². The van der Waals surface area contributed by atoms with Gasteiger partial charge in [-0.3, -0.25) is 9.78 Å². The Morgan fingerprint density at radius 1 is 1.17 bits per heavy atom. The largest absolute Gasteiger partial charge is 0.480 e. The minimum absolute atomic E-state index is 0.240. The van der Waals surface area contributed by atoms with Gasteiger partial charge in [0.15, 0.2) is 0 Å². The fourth-order valence-electron chi connectivity index (χ4n) is 1.66. The second-order valence-corrected chi connectivity index (χ2v) is 4.05. The van der Waals surface area contributed by atoms with E-state index in [-0.39, 0.29) is 6.42 Å². The summed E-state index contributed by atoms with van der Waals surface area (Å²) in [5, 5.41) is 8.72. The number of carboxylic acids is 1. The third kappa shape index (κ3) is 2.93. The molecule has 0 amide bonds. The number of aliphatic carboxylic acids is 1. The van der Waals surface area contributed by atoms with Gasteiger partial charge < -0.3 is 10.8 Å². The lowest BCUT2D eigenvalue weighted by Crippen LogP contribution is -2.32. The Kier molecular flexibility index (Phi) is 3.69. The first-order valence-corrected chi connectivity index (χ1v) is 5.65. The van der Waals surface area contributed by atoms with E-state index in [4.69, 9.17) is 10.8 Å². The van der Waals surface area contributed by atoms with Crippen molar-refractivity contribution in [2.24, 2.45) is 5.73 Å². The molecule has 2 rings (SSSR count). The molecule has 18 heavy (non-hydrogen) atoms. The average Bonchev–Trinajstić information content (AvgIpc) is 2.40.